The summed E-state index contributed by atoms with van der Waals surface area (Å²) in [4.78, 5) is 29.0. The molecule has 1 aliphatic heterocycles. The highest BCUT2D eigenvalue weighted by Gasteiger charge is 2.35. The second kappa shape index (κ2) is 7.32. The van der Waals surface area contributed by atoms with Crippen LogP contribution in [-0.2, 0) is 9.59 Å². The summed E-state index contributed by atoms with van der Waals surface area (Å²) in [5.74, 6) is 0.812. The number of carbonyl (C=O) groups is 2. The smallest absolute Gasteiger partial charge is 0.252 e. The molecule has 0 saturated heterocycles. The second-order valence-electron chi connectivity index (χ2n) is 6.17. The lowest BCUT2D eigenvalue weighted by molar-refractivity contribution is -0.123. The molecule has 0 aliphatic carbocycles. The van der Waals surface area contributed by atoms with Crippen molar-refractivity contribution in [1.82, 2.24) is 14.8 Å². The minimum Gasteiger partial charge on any atom is -0.497 e. The Morgan fingerprint density at radius 1 is 1.25 bits per heavy atom. The molecule has 142 valence electrons. The van der Waals surface area contributed by atoms with Gasteiger partial charge in [-0.25, -0.2) is 4.68 Å². The third kappa shape index (κ3) is 3.41. The first kappa shape index (κ1) is 18.0. The largest absolute Gasteiger partial charge is 0.497 e. The lowest BCUT2D eigenvalue weighted by atomic mass is 10.2. The highest BCUT2D eigenvalue weighted by Crippen LogP contribution is 2.29. The number of rotatable bonds is 5. The minimum absolute atomic E-state index is 0.0878. The molecule has 1 atom stereocenters. The van der Waals surface area contributed by atoms with Crippen molar-refractivity contribution in [3.63, 3.8) is 0 Å². The van der Waals surface area contributed by atoms with E-state index in [0.29, 0.717) is 22.5 Å². The number of aromatic nitrogens is 3. The van der Waals surface area contributed by atoms with E-state index in [1.807, 2.05) is 12.1 Å². The molecule has 28 heavy (non-hydrogen) atoms. The molecule has 2 N–H and O–H groups in total. The van der Waals surface area contributed by atoms with Crippen LogP contribution < -0.4 is 15.4 Å². The maximum Gasteiger partial charge on any atom is 0.252 e. The standard InChI is InChI=1S/C19H16ClN5O3/c1-28-12-8-6-11(7-9-12)17-22-19-23-18(27)15(25(19)24-17)10-16(26)21-14-5-3-2-4-13(14)20/h2-9,15H,10H2,1H3,(H,21,26)(H,22,23,24,27)/t15-/m0/s1. The Morgan fingerprint density at radius 3 is 2.71 bits per heavy atom. The van der Waals surface area contributed by atoms with E-state index in [2.05, 4.69) is 20.7 Å². The third-order valence-corrected chi connectivity index (χ3v) is 4.67. The van der Waals surface area contributed by atoms with Gasteiger partial charge in [0.25, 0.3) is 5.91 Å². The lowest BCUT2D eigenvalue weighted by Gasteiger charge is -2.10. The maximum atomic E-state index is 12.4. The van der Waals surface area contributed by atoms with Gasteiger partial charge in [-0.2, -0.15) is 4.98 Å². The molecule has 1 aromatic heterocycles. The van der Waals surface area contributed by atoms with Gasteiger partial charge in [-0.3, -0.25) is 14.9 Å². The first-order valence-electron chi connectivity index (χ1n) is 8.51. The maximum absolute atomic E-state index is 12.4. The highest BCUT2D eigenvalue weighted by molar-refractivity contribution is 6.33. The molecule has 0 bridgehead atoms. The van der Waals surface area contributed by atoms with E-state index < -0.39 is 6.04 Å². The molecule has 9 heteroatoms. The van der Waals surface area contributed by atoms with E-state index in [4.69, 9.17) is 16.3 Å². The number of halogens is 1. The number of para-hydroxylation sites is 1. The number of nitrogens with zero attached hydrogens (tertiary/aromatic N) is 3. The van der Waals surface area contributed by atoms with Crippen molar-refractivity contribution in [2.45, 2.75) is 12.5 Å². The van der Waals surface area contributed by atoms with Crippen LogP contribution in [0.25, 0.3) is 11.4 Å². The Hall–Kier alpha value is -3.39. The van der Waals surface area contributed by atoms with E-state index in [9.17, 15) is 9.59 Å². The zero-order valence-electron chi connectivity index (χ0n) is 14.8. The number of hydrogen-bond acceptors (Lipinski definition) is 5. The number of carbonyl (C=O) groups excluding carboxylic acids is 2. The van der Waals surface area contributed by atoms with Gasteiger partial charge in [0.15, 0.2) is 5.82 Å². The van der Waals surface area contributed by atoms with Crippen LogP contribution in [-0.4, -0.2) is 33.7 Å². The van der Waals surface area contributed by atoms with Crippen LogP contribution in [0.15, 0.2) is 48.5 Å². The topological polar surface area (TPSA) is 98.1 Å². The molecule has 1 aliphatic rings. The zero-order chi connectivity index (χ0) is 19.7. The van der Waals surface area contributed by atoms with E-state index >= 15 is 0 Å². The molecule has 4 rings (SSSR count). The number of amides is 2. The SMILES string of the molecule is COc1ccc(-c2nc3n(n2)[C@@H](CC(=O)Nc2ccccc2Cl)C(=O)N3)cc1. The second-order valence-corrected chi connectivity index (χ2v) is 6.58. The molecule has 0 fully saturated rings. The summed E-state index contributed by atoms with van der Waals surface area (Å²) in [7, 11) is 1.59. The van der Waals surface area contributed by atoms with Crippen molar-refractivity contribution < 1.29 is 14.3 Å². The summed E-state index contributed by atoms with van der Waals surface area (Å²) in [6, 6.07) is 13.4. The predicted octanol–water partition coefficient (Wildman–Crippen LogP) is 3.13. The Bertz CT molecular complexity index is 1050. The van der Waals surface area contributed by atoms with Crippen LogP contribution in [0, 0.1) is 0 Å². The quantitative estimate of drug-likeness (QED) is 0.689. The van der Waals surface area contributed by atoms with Gasteiger partial charge < -0.3 is 10.1 Å². The average molecular weight is 398 g/mol. The van der Waals surface area contributed by atoms with Gasteiger partial charge in [0.1, 0.15) is 11.8 Å². The fourth-order valence-electron chi connectivity index (χ4n) is 2.91. The number of benzene rings is 2. The zero-order valence-corrected chi connectivity index (χ0v) is 15.6. The molecule has 8 nitrogen and oxygen atoms in total. The van der Waals surface area contributed by atoms with Crippen molar-refractivity contribution in [3.05, 3.63) is 53.6 Å². The van der Waals surface area contributed by atoms with Crippen molar-refractivity contribution >= 4 is 35.1 Å². The first-order chi connectivity index (χ1) is 13.5. The summed E-state index contributed by atoms with van der Waals surface area (Å²) in [6.45, 7) is 0. The number of nitrogens with one attached hydrogen (secondary N) is 2. The first-order valence-corrected chi connectivity index (χ1v) is 8.89. The van der Waals surface area contributed by atoms with Crippen LogP contribution >= 0.6 is 11.6 Å². The lowest BCUT2D eigenvalue weighted by Crippen LogP contribution is -2.23. The van der Waals surface area contributed by atoms with Gasteiger partial charge in [0.05, 0.1) is 24.2 Å². The monoisotopic (exact) mass is 397 g/mol. The molecule has 0 saturated carbocycles. The van der Waals surface area contributed by atoms with E-state index in [0.717, 1.165) is 11.3 Å². The minimum atomic E-state index is -0.781. The van der Waals surface area contributed by atoms with Crippen LogP contribution in [0.3, 0.4) is 0 Å². The molecule has 3 aromatic rings. The van der Waals surface area contributed by atoms with E-state index in [1.54, 1.807) is 43.5 Å². The number of fused-ring (bicyclic) bond motifs is 1. The van der Waals surface area contributed by atoms with Crippen molar-refractivity contribution in [3.8, 4) is 17.1 Å². The van der Waals surface area contributed by atoms with Crippen LogP contribution in [0.2, 0.25) is 5.02 Å². The number of ether oxygens (including phenoxy) is 1. The predicted molar refractivity (Wildman–Crippen MR) is 104 cm³/mol. The molecular formula is C19H16ClN5O3. The Morgan fingerprint density at radius 2 is 2.00 bits per heavy atom. The average Bonchev–Trinajstić information content (AvgIpc) is 3.22. The molecule has 0 unspecified atom stereocenters. The fraction of sp³-hybridized carbons (Fsp3) is 0.158. The fourth-order valence-corrected chi connectivity index (χ4v) is 3.09. The van der Waals surface area contributed by atoms with Gasteiger partial charge in [-0.15, -0.1) is 5.10 Å². The molecule has 2 amide bonds. The summed E-state index contributed by atoms with van der Waals surface area (Å²) in [5.41, 5.74) is 1.27. The normalized spacial score (nSPS) is 15.1. The van der Waals surface area contributed by atoms with E-state index in [1.165, 1.54) is 4.68 Å². The van der Waals surface area contributed by atoms with Gasteiger partial charge >= 0.3 is 0 Å². The summed E-state index contributed by atoms with van der Waals surface area (Å²) >= 11 is 6.06. The molecule has 2 aromatic carbocycles. The Balaban J connectivity index is 1.52. The molecular weight excluding hydrogens is 382 g/mol. The van der Waals surface area contributed by atoms with E-state index in [-0.39, 0.29) is 18.2 Å². The molecule has 0 spiro atoms. The van der Waals surface area contributed by atoms with Gasteiger partial charge in [0.2, 0.25) is 11.9 Å². The summed E-state index contributed by atoms with van der Waals surface area (Å²) in [5, 5.41) is 10.2. The van der Waals surface area contributed by atoms with Crippen molar-refractivity contribution in [1.29, 1.82) is 0 Å². The van der Waals surface area contributed by atoms with Crippen LogP contribution in [0.5, 0.6) is 5.75 Å². The Kier molecular flexibility index (Phi) is 4.70. The Labute approximate surface area is 165 Å². The number of hydrogen-bond donors (Lipinski definition) is 2. The molecule has 0 radical (unpaired) electrons. The van der Waals surface area contributed by atoms with Crippen molar-refractivity contribution in [2.24, 2.45) is 0 Å². The van der Waals surface area contributed by atoms with Gasteiger partial charge in [0, 0.05) is 5.56 Å². The van der Waals surface area contributed by atoms with Gasteiger partial charge in [-0.05, 0) is 36.4 Å². The number of methoxy groups -OCH3 is 1. The number of anilines is 2. The van der Waals surface area contributed by atoms with Crippen LogP contribution in [0.1, 0.15) is 12.5 Å². The highest BCUT2D eigenvalue weighted by atomic mass is 35.5. The van der Waals surface area contributed by atoms with Gasteiger partial charge in [-0.1, -0.05) is 23.7 Å². The van der Waals surface area contributed by atoms with Crippen LogP contribution in [0.4, 0.5) is 11.6 Å². The summed E-state index contributed by atoms with van der Waals surface area (Å²) in [6.07, 6.45) is -0.0878. The molecule has 2 heterocycles. The van der Waals surface area contributed by atoms with Crippen molar-refractivity contribution in [2.75, 3.05) is 17.7 Å². The third-order valence-electron chi connectivity index (χ3n) is 4.34. The summed E-state index contributed by atoms with van der Waals surface area (Å²) < 4.78 is 6.58.